The van der Waals surface area contributed by atoms with Crippen LogP contribution in [-0.4, -0.2) is 18.1 Å². The average molecular weight is 204 g/mol. The van der Waals surface area contributed by atoms with E-state index in [4.69, 9.17) is 0 Å². The van der Waals surface area contributed by atoms with Crippen LogP contribution in [0.1, 0.15) is 44.7 Å². The number of rotatable bonds is 2. The largest absolute Gasteiger partial charge is 0.370 e. The molecule has 0 bridgehead atoms. The van der Waals surface area contributed by atoms with Crippen molar-refractivity contribution >= 4 is 5.69 Å². The molecule has 1 aliphatic heterocycles. The highest BCUT2D eigenvalue weighted by Crippen LogP contribution is 2.20. The topological polar surface area (TPSA) is 16.1 Å². The number of aromatic nitrogens is 1. The molecule has 1 aliphatic rings. The van der Waals surface area contributed by atoms with Gasteiger partial charge in [-0.05, 0) is 37.3 Å². The Hall–Kier alpha value is -1.05. The van der Waals surface area contributed by atoms with Crippen LogP contribution in [0.2, 0.25) is 0 Å². The van der Waals surface area contributed by atoms with Gasteiger partial charge in [-0.15, -0.1) is 0 Å². The third-order valence-electron chi connectivity index (χ3n) is 3.08. The molecule has 0 unspecified atom stereocenters. The van der Waals surface area contributed by atoms with Crippen molar-refractivity contribution in [1.82, 2.24) is 4.98 Å². The summed E-state index contributed by atoms with van der Waals surface area (Å²) in [5.41, 5.74) is 2.48. The van der Waals surface area contributed by atoms with Gasteiger partial charge in [-0.1, -0.05) is 13.8 Å². The second kappa shape index (κ2) is 4.65. The van der Waals surface area contributed by atoms with Crippen molar-refractivity contribution in [2.24, 2.45) is 0 Å². The summed E-state index contributed by atoms with van der Waals surface area (Å²) in [6, 6.07) is 4.38. The van der Waals surface area contributed by atoms with Crippen LogP contribution in [0.15, 0.2) is 18.3 Å². The van der Waals surface area contributed by atoms with Crippen LogP contribution in [0, 0.1) is 0 Å². The molecule has 15 heavy (non-hydrogen) atoms. The molecule has 2 nitrogen and oxygen atoms in total. The smallest absolute Gasteiger partial charge is 0.0552 e. The van der Waals surface area contributed by atoms with Crippen LogP contribution in [0.25, 0.3) is 0 Å². The minimum atomic E-state index is 0.528. The van der Waals surface area contributed by atoms with Gasteiger partial charge in [0.05, 0.1) is 11.9 Å². The third kappa shape index (κ3) is 2.49. The van der Waals surface area contributed by atoms with Crippen molar-refractivity contribution in [2.75, 3.05) is 18.0 Å². The molecule has 0 aromatic carbocycles. The lowest BCUT2D eigenvalue weighted by atomic mass is 10.1. The SMILES string of the molecule is CC(C)c1ccc(N2CCCCC2)cn1. The summed E-state index contributed by atoms with van der Waals surface area (Å²) in [5.74, 6) is 0.528. The van der Waals surface area contributed by atoms with Gasteiger partial charge in [-0.3, -0.25) is 4.98 Å². The van der Waals surface area contributed by atoms with E-state index in [1.165, 1.54) is 43.7 Å². The van der Waals surface area contributed by atoms with Crippen LogP contribution in [0.4, 0.5) is 5.69 Å². The van der Waals surface area contributed by atoms with Crippen molar-refractivity contribution in [2.45, 2.75) is 39.0 Å². The second-order valence-electron chi connectivity index (χ2n) is 4.64. The first-order valence-corrected chi connectivity index (χ1v) is 5.98. The van der Waals surface area contributed by atoms with E-state index in [1.807, 2.05) is 6.20 Å². The Labute approximate surface area is 92.3 Å². The van der Waals surface area contributed by atoms with Gasteiger partial charge in [0.25, 0.3) is 0 Å². The lowest BCUT2D eigenvalue weighted by Gasteiger charge is -2.28. The van der Waals surface area contributed by atoms with E-state index in [2.05, 4.69) is 35.9 Å². The summed E-state index contributed by atoms with van der Waals surface area (Å²) < 4.78 is 0. The lowest BCUT2D eigenvalue weighted by Crippen LogP contribution is -2.29. The van der Waals surface area contributed by atoms with E-state index in [0.29, 0.717) is 5.92 Å². The molecule has 0 radical (unpaired) electrons. The minimum absolute atomic E-state index is 0.528. The number of nitrogens with zero attached hydrogens (tertiary/aromatic N) is 2. The molecule has 0 spiro atoms. The second-order valence-corrected chi connectivity index (χ2v) is 4.64. The maximum Gasteiger partial charge on any atom is 0.0552 e. The summed E-state index contributed by atoms with van der Waals surface area (Å²) in [7, 11) is 0. The predicted octanol–water partition coefficient (Wildman–Crippen LogP) is 3.20. The number of pyridine rings is 1. The first-order chi connectivity index (χ1) is 7.27. The fourth-order valence-corrected chi connectivity index (χ4v) is 2.08. The fraction of sp³-hybridized carbons (Fsp3) is 0.615. The molecule has 0 saturated carbocycles. The Kier molecular flexibility index (Phi) is 3.24. The molecule has 0 amide bonds. The fourth-order valence-electron chi connectivity index (χ4n) is 2.08. The van der Waals surface area contributed by atoms with Crippen molar-refractivity contribution in [3.63, 3.8) is 0 Å². The number of hydrogen-bond acceptors (Lipinski definition) is 2. The monoisotopic (exact) mass is 204 g/mol. The van der Waals surface area contributed by atoms with E-state index in [-0.39, 0.29) is 0 Å². The van der Waals surface area contributed by atoms with Gasteiger partial charge in [0.2, 0.25) is 0 Å². The highest BCUT2D eigenvalue weighted by Gasteiger charge is 2.11. The standard InChI is InChI=1S/C13H20N2/c1-11(2)13-7-6-12(10-14-13)15-8-4-3-5-9-15/h6-7,10-11H,3-5,8-9H2,1-2H3. The Bertz CT molecular complexity index is 297. The maximum atomic E-state index is 4.51. The van der Waals surface area contributed by atoms with E-state index >= 15 is 0 Å². The highest BCUT2D eigenvalue weighted by molar-refractivity contribution is 5.45. The summed E-state index contributed by atoms with van der Waals surface area (Å²) in [4.78, 5) is 6.96. The van der Waals surface area contributed by atoms with E-state index < -0.39 is 0 Å². The van der Waals surface area contributed by atoms with Gasteiger partial charge in [-0.2, -0.15) is 0 Å². The van der Waals surface area contributed by atoms with Gasteiger partial charge in [0, 0.05) is 18.8 Å². The normalized spacial score (nSPS) is 17.1. The first kappa shape index (κ1) is 10.5. The summed E-state index contributed by atoms with van der Waals surface area (Å²) in [6.07, 6.45) is 6.06. The molecule has 0 N–H and O–H groups in total. The van der Waals surface area contributed by atoms with Crippen LogP contribution < -0.4 is 4.90 Å². The van der Waals surface area contributed by atoms with Crippen LogP contribution in [-0.2, 0) is 0 Å². The van der Waals surface area contributed by atoms with Crippen molar-refractivity contribution in [1.29, 1.82) is 0 Å². The number of hydrogen-bond donors (Lipinski definition) is 0. The zero-order valence-electron chi connectivity index (χ0n) is 9.74. The molecule has 1 aromatic heterocycles. The first-order valence-electron chi connectivity index (χ1n) is 5.98. The molecule has 0 atom stereocenters. The van der Waals surface area contributed by atoms with Crippen molar-refractivity contribution in [3.05, 3.63) is 24.0 Å². The van der Waals surface area contributed by atoms with Crippen LogP contribution in [0.5, 0.6) is 0 Å². The van der Waals surface area contributed by atoms with Crippen molar-refractivity contribution < 1.29 is 0 Å². The van der Waals surface area contributed by atoms with E-state index in [9.17, 15) is 0 Å². The maximum absolute atomic E-state index is 4.51. The Morgan fingerprint density at radius 2 is 1.87 bits per heavy atom. The molecule has 2 rings (SSSR count). The zero-order valence-corrected chi connectivity index (χ0v) is 9.74. The van der Waals surface area contributed by atoms with Crippen molar-refractivity contribution in [3.8, 4) is 0 Å². The third-order valence-corrected chi connectivity index (χ3v) is 3.08. The molecule has 0 aliphatic carbocycles. The van der Waals surface area contributed by atoms with Gasteiger partial charge in [-0.25, -0.2) is 0 Å². The zero-order chi connectivity index (χ0) is 10.7. The molecule has 1 aromatic rings. The van der Waals surface area contributed by atoms with Crippen LogP contribution in [0.3, 0.4) is 0 Å². The lowest BCUT2D eigenvalue weighted by molar-refractivity contribution is 0.577. The minimum Gasteiger partial charge on any atom is -0.370 e. The Morgan fingerprint density at radius 1 is 1.13 bits per heavy atom. The number of piperidine rings is 1. The molecular weight excluding hydrogens is 184 g/mol. The molecule has 1 saturated heterocycles. The van der Waals surface area contributed by atoms with Gasteiger partial charge >= 0.3 is 0 Å². The van der Waals surface area contributed by atoms with Gasteiger partial charge in [0.1, 0.15) is 0 Å². The molecule has 1 fully saturated rings. The van der Waals surface area contributed by atoms with Crippen LogP contribution >= 0.6 is 0 Å². The average Bonchev–Trinajstić information content (AvgIpc) is 2.30. The van der Waals surface area contributed by atoms with E-state index in [0.717, 1.165) is 0 Å². The molecular formula is C13H20N2. The summed E-state index contributed by atoms with van der Waals surface area (Å²) in [6.45, 7) is 6.76. The Balaban J connectivity index is 2.08. The quantitative estimate of drug-likeness (QED) is 0.735. The van der Waals surface area contributed by atoms with E-state index in [1.54, 1.807) is 0 Å². The Morgan fingerprint density at radius 3 is 2.40 bits per heavy atom. The number of anilines is 1. The molecule has 2 heterocycles. The summed E-state index contributed by atoms with van der Waals surface area (Å²) >= 11 is 0. The predicted molar refractivity (Wildman–Crippen MR) is 64.4 cm³/mol. The summed E-state index contributed by atoms with van der Waals surface area (Å²) in [5, 5.41) is 0. The van der Waals surface area contributed by atoms with Gasteiger partial charge in [0.15, 0.2) is 0 Å². The molecule has 2 heteroatoms. The molecule has 82 valence electrons. The van der Waals surface area contributed by atoms with Gasteiger partial charge < -0.3 is 4.90 Å². The highest BCUT2D eigenvalue weighted by atomic mass is 15.1.